The minimum Gasteiger partial charge on any atom is -0.462 e. The lowest BCUT2D eigenvalue weighted by molar-refractivity contribution is -0.166. The number of hydrogen-bond acceptors (Lipinski definition) is 9. The molecule has 42 heavy (non-hydrogen) atoms. The van der Waals surface area contributed by atoms with Crippen LogP contribution < -0.4 is 4.74 Å². The Balaban J connectivity index is 2.91. The van der Waals surface area contributed by atoms with E-state index >= 15 is 0 Å². The lowest BCUT2D eigenvalue weighted by Gasteiger charge is -2.37. The summed E-state index contributed by atoms with van der Waals surface area (Å²) >= 11 is 0. The van der Waals surface area contributed by atoms with Crippen molar-refractivity contribution in [1.29, 1.82) is 0 Å². The Labute approximate surface area is 253 Å². The molecule has 1 unspecified atom stereocenters. The molecule has 9 nitrogen and oxygen atoms in total. The molecule has 0 aliphatic carbocycles. The Bertz CT molecular complexity index is 1080. The summed E-state index contributed by atoms with van der Waals surface area (Å²) < 4.78 is 27.5. The van der Waals surface area contributed by atoms with Crippen molar-refractivity contribution in [1.82, 2.24) is 0 Å². The third-order valence-electron chi connectivity index (χ3n) is 7.61. The Kier molecular flexibility index (Phi) is 13.9. The van der Waals surface area contributed by atoms with Gasteiger partial charge in [-0.1, -0.05) is 47.6 Å². The highest BCUT2D eigenvalue weighted by Gasteiger charge is 2.38. The molecule has 1 aromatic carbocycles. The van der Waals surface area contributed by atoms with Crippen LogP contribution >= 0.6 is 0 Å². The topological polar surface area (TPSA) is 114 Å². The number of benzene rings is 1. The first-order chi connectivity index (χ1) is 19.1. The summed E-state index contributed by atoms with van der Waals surface area (Å²) in [6.07, 6.45) is -0.250. The molecular formula is C32H52O9Si. The summed E-state index contributed by atoms with van der Waals surface area (Å²) in [5.41, 5.74) is 2.67. The van der Waals surface area contributed by atoms with E-state index < -0.39 is 38.3 Å². The maximum Gasteiger partial charge on any atom is 0.311 e. The Morgan fingerprint density at radius 1 is 0.857 bits per heavy atom. The van der Waals surface area contributed by atoms with Crippen molar-refractivity contribution in [3.05, 3.63) is 28.8 Å². The number of rotatable bonds is 15. The van der Waals surface area contributed by atoms with E-state index in [9.17, 15) is 19.2 Å². The molecule has 238 valence electrons. The van der Waals surface area contributed by atoms with Crippen molar-refractivity contribution in [3.8, 4) is 5.75 Å². The van der Waals surface area contributed by atoms with Gasteiger partial charge >= 0.3 is 23.9 Å². The first-order valence-corrected chi connectivity index (χ1v) is 17.5. The Morgan fingerprint density at radius 3 is 1.88 bits per heavy atom. The molecule has 10 heteroatoms. The van der Waals surface area contributed by atoms with Crippen LogP contribution in [0.1, 0.15) is 91.3 Å². The minimum absolute atomic E-state index is 0.00496. The van der Waals surface area contributed by atoms with Gasteiger partial charge in [-0.15, -0.1) is 0 Å². The van der Waals surface area contributed by atoms with Crippen LogP contribution in [-0.4, -0.2) is 58.1 Å². The van der Waals surface area contributed by atoms with E-state index in [4.69, 9.17) is 23.4 Å². The quantitative estimate of drug-likeness (QED) is 0.0972. The molecule has 0 fully saturated rings. The smallest absolute Gasteiger partial charge is 0.311 e. The van der Waals surface area contributed by atoms with E-state index in [-0.39, 0.29) is 42.4 Å². The second kappa shape index (κ2) is 15.7. The van der Waals surface area contributed by atoms with Gasteiger partial charge in [0.1, 0.15) is 19.0 Å². The number of esters is 4. The Hall–Kier alpha value is -2.72. The van der Waals surface area contributed by atoms with Crippen LogP contribution in [0.3, 0.4) is 0 Å². The molecular weight excluding hydrogens is 556 g/mol. The average molecular weight is 609 g/mol. The highest BCUT2D eigenvalue weighted by Crippen LogP contribution is 2.40. The SMILES string of the molecule is CC(=O)OCC(COC(C)=O)OC(=O)CC(C)CC(=O)Oc1cc(C)cc(C)c1C(C)(C)CCO[Si](C)(C)C(C)(C)C. The van der Waals surface area contributed by atoms with E-state index in [1.54, 1.807) is 6.92 Å². The molecule has 0 N–H and O–H groups in total. The number of hydrogen-bond donors (Lipinski definition) is 0. The van der Waals surface area contributed by atoms with E-state index in [0.717, 1.165) is 23.1 Å². The summed E-state index contributed by atoms with van der Waals surface area (Å²) in [7, 11) is -1.90. The number of carbonyl (C=O) groups is 4. The van der Waals surface area contributed by atoms with Crippen LogP contribution in [0.2, 0.25) is 18.1 Å². The van der Waals surface area contributed by atoms with Gasteiger partial charge in [0.2, 0.25) is 0 Å². The van der Waals surface area contributed by atoms with Gasteiger partial charge in [0.25, 0.3) is 0 Å². The van der Waals surface area contributed by atoms with Crippen LogP contribution in [0.4, 0.5) is 0 Å². The van der Waals surface area contributed by atoms with Gasteiger partial charge in [-0.25, -0.2) is 0 Å². The van der Waals surface area contributed by atoms with Crippen LogP contribution in [0.5, 0.6) is 5.75 Å². The lowest BCUT2D eigenvalue weighted by Crippen LogP contribution is -2.41. The molecule has 1 rings (SSSR count). The molecule has 0 amide bonds. The zero-order valence-corrected chi connectivity index (χ0v) is 28.7. The number of carbonyl (C=O) groups excluding carboxylic acids is 4. The molecule has 0 saturated carbocycles. The molecule has 0 saturated heterocycles. The summed E-state index contributed by atoms with van der Waals surface area (Å²) in [5, 5.41) is 0.117. The predicted molar refractivity (Wildman–Crippen MR) is 164 cm³/mol. The fraction of sp³-hybridized carbons (Fsp3) is 0.688. The summed E-state index contributed by atoms with van der Waals surface area (Å²) in [6.45, 7) is 23.7. The van der Waals surface area contributed by atoms with Crippen molar-refractivity contribution in [2.45, 2.75) is 118 Å². The summed E-state index contributed by atoms with van der Waals surface area (Å²) in [4.78, 5) is 47.9. The zero-order chi connectivity index (χ0) is 32.5. The van der Waals surface area contributed by atoms with Crippen LogP contribution in [0.15, 0.2) is 12.1 Å². The number of aryl methyl sites for hydroxylation is 2. The molecule has 0 spiro atoms. The number of ether oxygens (including phenoxy) is 4. The summed E-state index contributed by atoms with van der Waals surface area (Å²) in [6, 6.07) is 3.97. The largest absolute Gasteiger partial charge is 0.462 e. The maximum atomic E-state index is 13.0. The third kappa shape index (κ3) is 12.6. The fourth-order valence-electron chi connectivity index (χ4n) is 4.36. The highest BCUT2D eigenvalue weighted by atomic mass is 28.4. The van der Waals surface area contributed by atoms with Gasteiger partial charge in [-0.2, -0.15) is 0 Å². The van der Waals surface area contributed by atoms with E-state index in [1.165, 1.54) is 13.8 Å². The van der Waals surface area contributed by atoms with E-state index in [0.29, 0.717) is 12.4 Å². The molecule has 1 atom stereocenters. The molecule has 0 heterocycles. The molecule has 0 aliphatic heterocycles. The van der Waals surface area contributed by atoms with Crippen LogP contribution in [0.25, 0.3) is 0 Å². The second-order valence-electron chi connectivity index (χ2n) is 13.4. The third-order valence-corrected chi connectivity index (χ3v) is 12.2. The highest BCUT2D eigenvalue weighted by molar-refractivity contribution is 6.74. The standard InChI is InChI=1S/C32H52O9Si/c1-21-15-23(3)30(32(9,10)13-14-39-42(11,12)31(6,7)8)27(16-21)41-29(36)18-22(2)17-28(35)40-26(19-37-24(4)33)20-38-25(5)34/h15-16,22,26H,13-14,17-20H2,1-12H3. The first-order valence-electron chi connectivity index (χ1n) is 14.6. The first kappa shape index (κ1) is 37.3. The van der Waals surface area contributed by atoms with Gasteiger partial charge in [-0.05, 0) is 66.9 Å². The van der Waals surface area contributed by atoms with Crippen molar-refractivity contribution in [2.75, 3.05) is 19.8 Å². The van der Waals surface area contributed by atoms with Crippen molar-refractivity contribution >= 4 is 32.2 Å². The molecule has 0 bridgehead atoms. The van der Waals surface area contributed by atoms with E-state index in [2.05, 4.69) is 53.8 Å². The second-order valence-corrected chi connectivity index (χ2v) is 18.2. The zero-order valence-electron chi connectivity index (χ0n) is 27.7. The Morgan fingerprint density at radius 2 is 1.38 bits per heavy atom. The van der Waals surface area contributed by atoms with Gasteiger partial charge in [0, 0.05) is 38.9 Å². The predicted octanol–water partition coefficient (Wildman–Crippen LogP) is 6.35. The van der Waals surface area contributed by atoms with Crippen molar-refractivity contribution < 1.29 is 42.6 Å². The van der Waals surface area contributed by atoms with Gasteiger partial charge in [0.05, 0.1) is 0 Å². The maximum absolute atomic E-state index is 13.0. The molecule has 1 aromatic rings. The molecule has 0 aromatic heterocycles. The van der Waals surface area contributed by atoms with Crippen molar-refractivity contribution in [2.24, 2.45) is 5.92 Å². The van der Waals surface area contributed by atoms with Gasteiger partial charge in [0.15, 0.2) is 14.4 Å². The van der Waals surface area contributed by atoms with Gasteiger partial charge < -0.3 is 23.4 Å². The van der Waals surface area contributed by atoms with Gasteiger partial charge in [-0.3, -0.25) is 19.2 Å². The normalized spacial score (nSPS) is 13.0. The van der Waals surface area contributed by atoms with Crippen LogP contribution in [-0.2, 0) is 43.2 Å². The molecule has 0 radical (unpaired) electrons. The molecule has 0 aliphatic rings. The minimum atomic E-state index is -1.90. The fourth-order valence-corrected chi connectivity index (χ4v) is 5.40. The summed E-state index contributed by atoms with van der Waals surface area (Å²) in [5.74, 6) is -2.01. The van der Waals surface area contributed by atoms with Crippen molar-refractivity contribution in [3.63, 3.8) is 0 Å². The monoisotopic (exact) mass is 608 g/mol. The lowest BCUT2D eigenvalue weighted by atomic mass is 9.78. The van der Waals surface area contributed by atoms with E-state index in [1.807, 2.05) is 19.9 Å². The average Bonchev–Trinajstić information content (AvgIpc) is 2.78. The van der Waals surface area contributed by atoms with Crippen LogP contribution in [0, 0.1) is 19.8 Å².